The van der Waals surface area contributed by atoms with Gasteiger partial charge in [0.2, 0.25) is 0 Å². The second-order valence-corrected chi connectivity index (χ2v) is 6.27. The number of pyridine rings is 1. The Kier molecular flexibility index (Phi) is 4.31. The number of hydrogen-bond donors (Lipinski definition) is 1. The van der Waals surface area contributed by atoms with Gasteiger partial charge in [-0.2, -0.15) is 0 Å². The van der Waals surface area contributed by atoms with Gasteiger partial charge in [-0.1, -0.05) is 30.3 Å². The predicted octanol–water partition coefficient (Wildman–Crippen LogP) is 2.11. The third kappa shape index (κ3) is 3.31. The molecular formula is C16H18N2O2S. The maximum absolute atomic E-state index is 12.3. The van der Waals surface area contributed by atoms with E-state index < -0.39 is 0 Å². The molecule has 2 heterocycles. The molecule has 0 spiro atoms. The molecule has 110 valence electrons. The first-order valence-corrected chi connectivity index (χ1v) is 8.15. The quantitative estimate of drug-likeness (QED) is 0.939. The largest absolute Gasteiger partial charge is 0.503 e. The highest BCUT2D eigenvalue weighted by atomic mass is 32.2. The Morgan fingerprint density at radius 1 is 1.14 bits per heavy atom. The van der Waals surface area contributed by atoms with Crippen LogP contribution >= 0.6 is 11.8 Å². The third-order valence-electron chi connectivity index (χ3n) is 3.64. The zero-order valence-electron chi connectivity index (χ0n) is 11.7. The van der Waals surface area contributed by atoms with Crippen molar-refractivity contribution < 1.29 is 5.11 Å². The number of hydrogen-bond acceptors (Lipinski definition) is 4. The molecule has 1 N–H and O–H groups in total. The van der Waals surface area contributed by atoms with E-state index in [2.05, 4.69) is 4.90 Å². The summed E-state index contributed by atoms with van der Waals surface area (Å²) in [5, 5.41) is 10.1. The van der Waals surface area contributed by atoms with Gasteiger partial charge < -0.3 is 9.67 Å². The van der Waals surface area contributed by atoms with E-state index in [1.165, 1.54) is 0 Å². The van der Waals surface area contributed by atoms with Crippen molar-refractivity contribution in [3.05, 3.63) is 64.1 Å². The van der Waals surface area contributed by atoms with E-state index in [4.69, 9.17) is 0 Å². The predicted molar refractivity (Wildman–Crippen MR) is 85.6 cm³/mol. The van der Waals surface area contributed by atoms with Crippen molar-refractivity contribution in [2.45, 2.75) is 13.1 Å². The van der Waals surface area contributed by atoms with E-state index in [-0.39, 0.29) is 11.3 Å². The molecule has 1 fully saturated rings. The van der Waals surface area contributed by atoms with Gasteiger partial charge in [-0.15, -0.1) is 11.8 Å². The van der Waals surface area contributed by atoms with E-state index in [0.717, 1.165) is 23.7 Å². The fraction of sp³-hybridized carbons (Fsp3) is 0.312. The van der Waals surface area contributed by atoms with Gasteiger partial charge in [-0.3, -0.25) is 9.69 Å². The van der Waals surface area contributed by atoms with Crippen LogP contribution in [0.2, 0.25) is 0 Å². The monoisotopic (exact) mass is 302 g/mol. The normalized spacial score (nSPS) is 15.4. The molecule has 3 rings (SSSR count). The molecule has 5 heteroatoms. The fourth-order valence-corrected chi connectivity index (χ4v) is 3.44. The third-order valence-corrected chi connectivity index (χ3v) is 4.66. The van der Waals surface area contributed by atoms with Crippen LogP contribution in [-0.4, -0.2) is 32.7 Å². The molecule has 0 saturated carbocycles. The van der Waals surface area contributed by atoms with Gasteiger partial charge in [-0.25, -0.2) is 0 Å². The summed E-state index contributed by atoms with van der Waals surface area (Å²) in [5.41, 5.74) is 1.44. The SMILES string of the molecule is O=c1c(O)c(CN2CCSC2)ccn1Cc1ccccc1. The van der Waals surface area contributed by atoms with Crippen molar-refractivity contribution in [3.8, 4) is 5.75 Å². The molecule has 1 aromatic carbocycles. The van der Waals surface area contributed by atoms with Crippen molar-refractivity contribution in [3.63, 3.8) is 0 Å². The molecule has 0 aliphatic carbocycles. The van der Waals surface area contributed by atoms with Crippen molar-refractivity contribution >= 4 is 11.8 Å². The number of nitrogens with zero attached hydrogens (tertiary/aromatic N) is 2. The highest BCUT2D eigenvalue weighted by molar-refractivity contribution is 7.99. The van der Waals surface area contributed by atoms with Gasteiger partial charge >= 0.3 is 0 Å². The van der Waals surface area contributed by atoms with E-state index in [1.807, 2.05) is 48.2 Å². The van der Waals surface area contributed by atoms with Crippen LogP contribution in [0.5, 0.6) is 5.75 Å². The zero-order valence-corrected chi connectivity index (χ0v) is 12.6. The minimum absolute atomic E-state index is 0.120. The van der Waals surface area contributed by atoms with Gasteiger partial charge in [0.05, 0.1) is 6.54 Å². The summed E-state index contributed by atoms with van der Waals surface area (Å²) in [4.78, 5) is 14.5. The zero-order chi connectivity index (χ0) is 14.7. The maximum Gasteiger partial charge on any atom is 0.293 e. The lowest BCUT2D eigenvalue weighted by molar-refractivity contribution is 0.338. The highest BCUT2D eigenvalue weighted by Crippen LogP contribution is 2.20. The van der Waals surface area contributed by atoms with E-state index in [9.17, 15) is 9.90 Å². The molecular weight excluding hydrogens is 284 g/mol. The summed E-state index contributed by atoms with van der Waals surface area (Å²) < 4.78 is 1.55. The summed E-state index contributed by atoms with van der Waals surface area (Å²) >= 11 is 1.88. The number of aromatic nitrogens is 1. The van der Waals surface area contributed by atoms with Crippen LogP contribution in [-0.2, 0) is 13.1 Å². The minimum atomic E-state index is -0.316. The minimum Gasteiger partial charge on any atom is -0.503 e. The average Bonchev–Trinajstić information content (AvgIpc) is 3.01. The van der Waals surface area contributed by atoms with Crippen molar-refractivity contribution in [1.29, 1.82) is 0 Å². The molecule has 1 aliphatic heterocycles. The molecule has 1 saturated heterocycles. The van der Waals surface area contributed by atoms with Crippen LogP contribution < -0.4 is 5.56 Å². The number of aromatic hydroxyl groups is 1. The van der Waals surface area contributed by atoms with Crippen LogP contribution in [0.3, 0.4) is 0 Å². The van der Waals surface area contributed by atoms with Gasteiger partial charge in [0, 0.05) is 36.5 Å². The Bertz CT molecular complexity index is 664. The second-order valence-electron chi connectivity index (χ2n) is 5.20. The van der Waals surface area contributed by atoms with Crippen LogP contribution in [0.15, 0.2) is 47.4 Å². The molecule has 1 aromatic heterocycles. The van der Waals surface area contributed by atoms with Gasteiger partial charge in [0.25, 0.3) is 5.56 Å². The van der Waals surface area contributed by atoms with Crippen LogP contribution in [0.1, 0.15) is 11.1 Å². The van der Waals surface area contributed by atoms with Crippen LogP contribution in [0.4, 0.5) is 0 Å². The summed E-state index contributed by atoms with van der Waals surface area (Å²) in [7, 11) is 0. The lowest BCUT2D eigenvalue weighted by atomic mass is 10.2. The molecule has 2 aromatic rings. The highest BCUT2D eigenvalue weighted by Gasteiger charge is 2.16. The Morgan fingerprint density at radius 3 is 2.67 bits per heavy atom. The summed E-state index contributed by atoms with van der Waals surface area (Å²) in [5.74, 6) is 1.96. The number of benzene rings is 1. The smallest absolute Gasteiger partial charge is 0.293 e. The maximum atomic E-state index is 12.3. The average molecular weight is 302 g/mol. The van der Waals surface area contributed by atoms with Gasteiger partial charge in [-0.05, 0) is 11.6 Å². The van der Waals surface area contributed by atoms with E-state index in [1.54, 1.807) is 10.8 Å². The standard InChI is InChI=1S/C16H18N2O2S/c19-15-14(11-17-8-9-21-12-17)6-7-18(16(15)20)10-13-4-2-1-3-5-13/h1-7,19H,8-12H2. The first-order valence-electron chi connectivity index (χ1n) is 6.99. The number of thioether (sulfide) groups is 1. The molecule has 0 radical (unpaired) electrons. The molecule has 0 atom stereocenters. The van der Waals surface area contributed by atoms with E-state index in [0.29, 0.717) is 18.7 Å². The molecule has 0 bridgehead atoms. The Hall–Kier alpha value is -1.72. The van der Waals surface area contributed by atoms with Crippen molar-refractivity contribution in [2.75, 3.05) is 18.2 Å². The van der Waals surface area contributed by atoms with Crippen molar-refractivity contribution in [1.82, 2.24) is 9.47 Å². The topological polar surface area (TPSA) is 45.5 Å². The summed E-state index contributed by atoms with van der Waals surface area (Å²) in [6.07, 6.45) is 1.77. The first kappa shape index (κ1) is 14.2. The Morgan fingerprint density at radius 2 is 1.95 bits per heavy atom. The number of rotatable bonds is 4. The molecule has 1 aliphatic rings. The van der Waals surface area contributed by atoms with Gasteiger partial charge in [0.1, 0.15) is 0 Å². The lowest BCUT2D eigenvalue weighted by Crippen LogP contribution is -2.24. The second kappa shape index (κ2) is 6.37. The van der Waals surface area contributed by atoms with Crippen LogP contribution in [0, 0.1) is 0 Å². The summed E-state index contributed by atoms with van der Waals surface area (Å²) in [6, 6.07) is 11.6. The molecule has 21 heavy (non-hydrogen) atoms. The van der Waals surface area contributed by atoms with Gasteiger partial charge in [0.15, 0.2) is 5.75 Å². The summed E-state index contributed by atoms with van der Waals surface area (Å²) in [6.45, 7) is 2.13. The Balaban J connectivity index is 1.81. The van der Waals surface area contributed by atoms with Crippen molar-refractivity contribution in [2.24, 2.45) is 0 Å². The first-order chi connectivity index (χ1) is 10.2. The fourth-order valence-electron chi connectivity index (χ4n) is 2.45. The Labute approximate surface area is 128 Å². The van der Waals surface area contributed by atoms with Crippen LogP contribution in [0.25, 0.3) is 0 Å². The van der Waals surface area contributed by atoms with E-state index >= 15 is 0 Å². The lowest BCUT2D eigenvalue weighted by Gasteiger charge is -2.15. The molecule has 0 unspecified atom stereocenters. The molecule has 0 amide bonds. The molecule has 4 nitrogen and oxygen atoms in total.